The van der Waals surface area contributed by atoms with Gasteiger partial charge in [-0.15, -0.1) is 0 Å². The van der Waals surface area contributed by atoms with Crippen molar-refractivity contribution in [3.05, 3.63) is 35.9 Å². The van der Waals surface area contributed by atoms with Crippen molar-refractivity contribution in [3.8, 4) is 0 Å². The molecule has 0 aliphatic heterocycles. The van der Waals surface area contributed by atoms with Crippen LogP contribution in [-0.2, 0) is 6.42 Å². The molecule has 3 aliphatic rings. The Balaban J connectivity index is 1.37. The maximum absolute atomic E-state index is 9.91. The van der Waals surface area contributed by atoms with Gasteiger partial charge in [-0.2, -0.15) is 0 Å². The Hall–Kier alpha value is -0.900. The van der Waals surface area contributed by atoms with Gasteiger partial charge in [-0.3, -0.25) is 4.90 Å². The third-order valence-electron chi connectivity index (χ3n) is 7.13. The van der Waals surface area contributed by atoms with Gasteiger partial charge in [0.2, 0.25) is 0 Å². The molecule has 4 rings (SSSR count). The van der Waals surface area contributed by atoms with Gasteiger partial charge in [0.05, 0.1) is 6.61 Å². The predicted molar refractivity (Wildman–Crippen MR) is 112 cm³/mol. The summed E-state index contributed by atoms with van der Waals surface area (Å²) in [6.45, 7) is 0.227. The molecular weight excluding hydrogens is 332 g/mol. The van der Waals surface area contributed by atoms with Crippen LogP contribution in [0.4, 0.5) is 0 Å². The highest BCUT2D eigenvalue weighted by atomic mass is 16.3. The molecule has 0 saturated heterocycles. The summed E-state index contributed by atoms with van der Waals surface area (Å²) >= 11 is 0. The molecule has 1 aromatic rings. The van der Waals surface area contributed by atoms with Crippen LogP contribution in [0, 0.1) is 0 Å². The first-order chi connectivity index (χ1) is 13.3. The standard InChI is InChI=1S/C24H38N2O/c27-18-20(16-19-10-4-1-5-11-19)25-23-17-24(23)26(21-12-6-2-7-13-21)22-14-8-3-9-15-22/h1,4-5,10-11,20-25,27H,2-3,6-9,12-18H2/t20-,23?,24?/m0/s1. The average molecular weight is 371 g/mol. The van der Waals surface area contributed by atoms with E-state index in [1.54, 1.807) is 0 Å². The molecule has 3 heteroatoms. The van der Waals surface area contributed by atoms with E-state index in [1.807, 2.05) is 0 Å². The minimum absolute atomic E-state index is 0.182. The molecule has 0 bridgehead atoms. The summed E-state index contributed by atoms with van der Waals surface area (Å²) in [7, 11) is 0. The summed E-state index contributed by atoms with van der Waals surface area (Å²) in [6, 6.07) is 13.7. The Morgan fingerprint density at radius 3 is 2.04 bits per heavy atom. The molecule has 3 nitrogen and oxygen atoms in total. The lowest BCUT2D eigenvalue weighted by Crippen LogP contribution is -2.49. The molecule has 3 fully saturated rings. The summed E-state index contributed by atoms with van der Waals surface area (Å²) in [5, 5.41) is 13.7. The molecule has 0 heterocycles. The van der Waals surface area contributed by atoms with Crippen molar-refractivity contribution in [2.24, 2.45) is 0 Å². The highest BCUT2D eigenvalue weighted by Gasteiger charge is 2.47. The van der Waals surface area contributed by atoms with Crippen molar-refractivity contribution in [3.63, 3.8) is 0 Å². The normalized spacial score (nSPS) is 28.4. The zero-order valence-corrected chi connectivity index (χ0v) is 16.9. The topological polar surface area (TPSA) is 35.5 Å². The van der Waals surface area contributed by atoms with Gasteiger partial charge in [0.25, 0.3) is 0 Å². The molecule has 3 saturated carbocycles. The summed E-state index contributed by atoms with van der Waals surface area (Å²) < 4.78 is 0. The van der Waals surface area contributed by atoms with Crippen LogP contribution < -0.4 is 5.32 Å². The number of aliphatic hydroxyl groups excluding tert-OH is 1. The van der Waals surface area contributed by atoms with Gasteiger partial charge < -0.3 is 10.4 Å². The van der Waals surface area contributed by atoms with Gasteiger partial charge >= 0.3 is 0 Å². The first kappa shape index (κ1) is 19.4. The molecule has 27 heavy (non-hydrogen) atoms. The highest BCUT2D eigenvalue weighted by Crippen LogP contribution is 2.39. The summed E-state index contributed by atoms with van der Waals surface area (Å²) in [6.07, 6.45) is 16.4. The maximum atomic E-state index is 9.91. The van der Waals surface area contributed by atoms with Crippen molar-refractivity contribution >= 4 is 0 Å². The summed E-state index contributed by atoms with van der Waals surface area (Å²) in [5.74, 6) is 0. The van der Waals surface area contributed by atoms with E-state index in [0.717, 1.165) is 18.5 Å². The Morgan fingerprint density at radius 2 is 1.48 bits per heavy atom. The predicted octanol–water partition coefficient (Wildman–Crippen LogP) is 4.29. The molecule has 0 radical (unpaired) electrons. The van der Waals surface area contributed by atoms with Crippen molar-refractivity contribution in [1.82, 2.24) is 10.2 Å². The van der Waals surface area contributed by atoms with Crippen LogP contribution in [0.3, 0.4) is 0 Å². The maximum Gasteiger partial charge on any atom is 0.0587 e. The monoisotopic (exact) mass is 370 g/mol. The van der Waals surface area contributed by atoms with Crippen LogP contribution in [0.2, 0.25) is 0 Å². The molecule has 1 aromatic carbocycles. The largest absolute Gasteiger partial charge is 0.395 e. The lowest BCUT2D eigenvalue weighted by molar-refractivity contribution is 0.0682. The molecule has 0 spiro atoms. The number of rotatable bonds is 8. The number of hydrogen-bond acceptors (Lipinski definition) is 3. The molecule has 2 unspecified atom stereocenters. The van der Waals surface area contributed by atoms with E-state index in [1.165, 1.54) is 76.2 Å². The number of nitrogens with zero attached hydrogens (tertiary/aromatic N) is 1. The Morgan fingerprint density at radius 1 is 0.889 bits per heavy atom. The van der Waals surface area contributed by atoms with Crippen molar-refractivity contribution in [1.29, 1.82) is 0 Å². The fourth-order valence-electron chi connectivity index (χ4n) is 5.67. The zero-order valence-electron chi connectivity index (χ0n) is 16.9. The van der Waals surface area contributed by atoms with E-state index in [2.05, 4.69) is 40.5 Å². The second-order valence-electron chi connectivity index (χ2n) is 9.18. The Bertz CT molecular complexity index is 533. The van der Waals surface area contributed by atoms with Crippen molar-refractivity contribution < 1.29 is 5.11 Å². The average Bonchev–Trinajstić information content (AvgIpc) is 3.48. The Kier molecular flexibility index (Phi) is 6.86. The fourth-order valence-corrected chi connectivity index (χ4v) is 5.67. The SMILES string of the molecule is OC[C@H](Cc1ccccc1)NC1CC1N(C1CCCCC1)C1CCCCC1. The van der Waals surface area contributed by atoms with E-state index in [-0.39, 0.29) is 12.6 Å². The number of aliphatic hydroxyl groups is 1. The summed E-state index contributed by atoms with van der Waals surface area (Å²) in [4.78, 5) is 2.97. The minimum Gasteiger partial charge on any atom is -0.395 e. The van der Waals surface area contributed by atoms with Gasteiger partial charge in [-0.1, -0.05) is 68.9 Å². The van der Waals surface area contributed by atoms with Gasteiger partial charge in [-0.25, -0.2) is 0 Å². The lowest BCUT2D eigenvalue weighted by atomic mass is 9.88. The van der Waals surface area contributed by atoms with E-state index >= 15 is 0 Å². The number of hydrogen-bond donors (Lipinski definition) is 2. The van der Waals surface area contributed by atoms with Crippen molar-refractivity contribution in [2.45, 2.75) is 107 Å². The van der Waals surface area contributed by atoms with Crippen LogP contribution in [-0.4, -0.2) is 46.8 Å². The van der Waals surface area contributed by atoms with Crippen LogP contribution in [0.15, 0.2) is 30.3 Å². The molecule has 2 N–H and O–H groups in total. The molecule has 3 aliphatic carbocycles. The number of benzene rings is 1. The van der Waals surface area contributed by atoms with Gasteiger partial charge in [0.1, 0.15) is 0 Å². The van der Waals surface area contributed by atoms with Crippen LogP contribution >= 0.6 is 0 Å². The lowest BCUT2D eigenvalue weighted by Gasteiger charge is -2.42. The van der Waals surface area contributed by atoms with E-state index in [0.29, 0.717) is 12.1 Å². The van der Waals surface area contributed by atoms with Gasteiger partial charge in [0.15, 0.2) is 0 Å². The number of nitrogens with one attached hydrogen (secondary N) is 1. The Labute approximate surface area is 165 Å². The van der Waals surface area contributed by atoms with Gasteiger partial charge in [0, 0.05) is 30.2 Å². The minimum atomic E-state index is 0.182. The van der Waals surface area contributed by atoms with E-state index in [4.69, 9.17) is 0 Å². The van der Waals surface area contributed by atoms with E-state index < -0.39 is 0 Å². The quantitative estimate of drug-likeness (QED) is 0.717. The molecule has 0 amide bonds. The molecule has 0 aromatic heterocycles. The van der Waals surface area contributed by atoms with Crippen LogP contribution in [0.1, 0.15) is 76.2 Å². The first-order valence-electron chi connectivity index (χ1n) is 11.5. The zero-order chi connectivity index (χ0) is 18.5. The smallest absolute Gasteiger partial charge is 0.0587 e. The van der Waals surface area contributed by atoms with Gasteiger partial charge in [-0.05, 0) is 44.1 Å². The molecule has 150 valence electrons. The summed E-state index contributed by atoms with van der Waals surface area (Å²) in [5.41, 5.74) is 1.32. The third-order valence-corrected chi connectivity index (χ3v) is 7.13. The fraction of sp³-hybridized carbons (Fsp3) is 0.750. The van der Waals surface area contributed by atoms with Crippen LogP contribution in [0.25, 0.3) is 0 Å². The molecule has 3 atom stereocenters. The first-order valence-corrected chi connectivity index (χ1v) is 11.5. The second-order valence-corrected chi connectivity index (χ2v) is 9.18. The second kappa shape index (κ2) is 9.54. The van der Waals surface area contributed by atoms with Crippen LogP contribution in [0.5, 0.6) is 0 Å². The van der Waals surface area contributed by atoms with Crippen molar-refractivity contribution in [2.75, 3.05) is 6.61 Å². The third kappa shape index (κ3) is 5.13. The van der Waals surface area contributed by atoms with E-state index in [9.17, 15) is 5.11 Å². The molecular formula is C24H38N2O. The highest BCUT2D eigenvalue weighted by molar-refractivity contribution is 5.16.